The van der Waals surface area contributed by atoms with Crippen LogP contribution in [-0.2, 0) is 4.79 Å². The van der Waals surface area contributed by atoms with Gasteiger partial charge in [0, 0.05) is 5.92 Å². The topological polar surface area (TPSA) is 17.1 Å². The molecule has 64 valence electrons. The van der Waals surface area contributed by atoms with Crippen LogP contribution < -0.4 is 0 Å². The van der Waals surface area contributed by atoms with Gasteiger partial charge in [0.2, 0.25) is 0 Å². The van der Waals surface area contributed by atoms with Crippen LogP contribution in [0.25, 0.3) is 0 Å². The minimum Gasteiger partial charge on any atom is -0.303 e. The molecule has 0 N–H and O–H groups in total. The van der Waals surface area contributed by atoms with Crippen molar-refractivity contribution < 1.29 is 4.79 Å². The average Bonchev–Trinajstić information content (AvgIpc) is 2.04. The highest BCUT2D eigenvalue weighted by molar-refractivity contribution is 5.55. The van der Waals surface area contributed by atoms with Gasteiger partial charge in [-0.1, -0.05) is 38.8 Å². The first-order valence-electron chi connectivity index (χ1n) is 4.43. The number of carbonyl (C=O) groups excluding carboxylic acids is 1. The van der Waals surface area contributed by atoms with Crippen LogP contribution in [0.15, 0.2) is 12.2 Å². The standard InChI is InChI=1S/C10H18O/c1-3-4-5-6-7-8-10(2)9-11/h7-10H,3-6H2,1-2H3. The summed E-state index contributed by atoms with van der Waals surface area (Å²) in [7, 11) is 0. The fourth-order valence-corrected chi connectivity index (χ4v) is 0.868. The third kappa shape index (κ3) is 7.31. The fourth-order valence-electron chi connectivity index (χ4n) is 0.868. The van der Waals surface area contributed by atoms with Crippen molar-refractivity contribution in [1.82, 2.24) is 0 Å². The molecular weight excluding hydrogens is 136 g/mol. The van der Waals surface area contributed by atoms with Gasteiger partial charge in [-0.15, -0.1) is 0 Å². The zero-order valence-electron chi connectivity index (χ0n) is 7.55. The number of aldehydes is 1. The summed E-state index contributed by atoms with van der Waals surface area (Å²) >= 11 is 0. The Bertz CT molecular complexity index is 116. The van der Waals surface area contributed by atoms with E-state index in [1.165, 1.54) is 19.3 Å². The second-order valence-corrected chi connectivity index (χ2v) is 2.92. The van der Waals surface area contributed by atoms with Crippen molar-refractivity contribution in [3.05, 3.63) is 12.2 Å². The molecule has 11 heavy (non-hydrogen) atoms. The lowest BCUT2D eigenvalue weighted by molar-refractivity contribution is -0.109. The average molecular weight is 154 g/mol. The van der Waals surface area contributed by atoms with Crippen molar-refractivity contribution in [2.24, 2.45) is 5.92 Å². The summed E-state index contributed by atoms with van der Waals surface area (Å²) in [6.45, 7) is 4.10. The molecule has 0 aromatic carbocycles. The molecule has 1 heteroatoms. The van der Waals surface area contributed by atoms with Crippen molar-refractivity contribution in [2.45, 2.75) is 39.5 Å². The van der Waals surface area contributed by atoms with E-state index < -0.39 is 0 Å². The van der Waals surface area contributed by atoms with Crippen LogP contribution in [-0.4, -0.2) is 6.29 Å². The van der Waals surface area contributed by atoms with E-state index in [1.54, 1.807) is 0 Å². The quantitative estimate of drug-likeness (QED) is 0.326. The molecule has 0 aliphatic carbocycles. The predicted octanol–water partition coefficient (Wildman–Crippen LogP) is 2.96. The smallest absolute Gasteiger partial charge is 0.126 e. The second kappa shape index (κ2) is 7.52. The first kappa shape index (κ1) is 10.4. The Morgan fingerprint density at radius 3 is 2.64 bits per heavy atom. The van der Waals surface area contributed by atoms with Crippen LogP contribution in [0.3, 0.4) is 0 Å². The maximum Gasteiger partial charge on any atom is 0.126 e. The van der Waals surface area contributed by atoms with Gasteiger partial charge in [0.1, 0.15) is 6.29 Å². The normalized spacial score (nSPS) is 13.6. The molecule has 0 aliphatic heterocycles. The first-order chi connectivity index (χ1) is 5.31. The number of allylic oxidation sites excluding steroid dienone is 2. The van der Waals surface area contributed by atoms with E-state index in [2.05, 4.69) is 13.0 Å². The Morgan fingerprint density at radius 2 is 2.09 bits per heavy atom. The minimum atomic E-state index is 0.0941. The van der Waals surface area contributed by atoms with E-state index in [1.807, 2.05) is 13.0 Å². The number of hydrogen-bond acceptors (Lipinski definition) is 1. The minimum absolute atomic E-state index is 0.0941. The Morgan fingerprint density at radius 1 is 1.36 bits per heavy atom. The number of unbranched alkanes of at least 4 members (excludes halogenated alkanes) is 3. The highest BCUT2D eigenvalue weighted by Gasteiger charge is 1.89. The van der Waals surface area contributed by atoms with Crippen LogP contribution in [0.2, 0.25) is 0 Å². The van der Waals surface area contributed by atoms with Crippen molar-refractivity contribution in [3.63, 3.8) is 0 Å². The van der Waals surface area contributed by atoms with Gasteiger partial charge in [-0.3, -0.25) is 0 Å². The molecule has 0 spiro atoms. The zero-order chi connectivity index (χ0) is 8.53. The van der Waals surface area contributed by atoms with Gasteiger partial charge in [-0.25, -0.2) is 0 Å². The van der Waals surface area contributed by atoms with Gasteiger partial charge < -0.3 is 4.79 Å². The monoisotopic (exact) mass is 154 g/mol. The van der Waals surface area contributed by atoms with Gasteiger partial charge in [-0.2, -0.15) is 0 Å². The number of hydrogen-bond donors (Lipinski definition) is 0. The van der Waals surface area contributed by atoms with E-state index in [-0.39, 0.29) is 5.92 Å². The maximum atomic E-state index is 10.2. The maximum absolute atomic E-state index is 10.2. The molecule has 1 unspecified atom stereocenters. The number of carbonyl (C=O) groups is 1. The molecule has 0 saturated heterocycles. The van der Waals surface area contributed by atoms with Crippen LogP contribution in [0, 0.1) is 5.92 Å². The van der Waals surface area contributed by atoms with Crippen molar-refractivity contribution in [1.29, 1.82) is 0 Å². The molecular formula is C10H18O. The van der Waals surface area contributed by atoms with Gasteiger partial charge >= 0.3 is 0 Å². The van der Waals surface area contributed by atoms with Gasteiger partial charge in [-0.05, 0) is 12.8 Å². The van der Waals surface area contributed by atoms with Gasteiger partial charge in [0.15, 0.2) is 0 Å². The highest BCUT2D eigenvalue weighted by Crippen LogP contribution is 2.01. The summed E-state index contributed by atoms with van der Waals surface area (Å²) in [6, 6.07) is 0. The number of rotatable bonds is 6. The van der Waals surface area contributed by atoms with Gasteiger partial charge in [0.05, 0.1) is 0 Å². The summed E-state index contributed by atoms with van der Waals surface area (Å²) in [6.07, 6.45) is 9.97. The van der Waals surface area contributed by atoms with Crippen LogP contribution in [0.1, 0.15) is 39.5 Å². The molecule has 0 saturated carbocycles. The van der Waals surface area contributed by atoms with Crippen molar-refractivity contribution >= 4 is 6.29 Å². The Balaban J connectivity index is 3.22. The van der Waals surface area contributed by atoms with E-state index in [9.17, 15) is 4.79 Å². The fraction of sp³-hybridized carbons (Fsp3) is 0.700. The van der Waals surface area contributed by atoms with Crippen LogP contribution in [0.5, 0.6) is 0 Å². The largest absolute Gasteiger partial charge is 0.303 e. The molecule has 0 aromatic heterocycles. The van der Waals surface area contributed by atoms with Crippen molar-refractivity contribution in [3.8, 4) is 0 Å². The zero-order valence-corrected chi connectivity index (χ0v) is 7.55. The molecule has 0 amide bonds. The summed E-state index contributed by atoms with van der Waals surface area (Å²) < 4.78 is 0. The molecule has 0 aliphatic rings. The van der Waals surface area contributed by atoms with E-state index in [0.29, 0.717) is 0 Å². The molecule has 1 atom stereocenters. The van der Waals surface area contributed by atoms with Crippen LogP contribution in [0.4, 0.5) is 0 Å². The second-order valence-electron chi connectivity index (χ2n) is 2.92. The predicted molar refractivity (Wildman–Crippen MR) is 48.5 cm³/mol. The molecule has 0 radical (unpaired) electrons. The summed E-state index contributed by atoms with van der Waals surface area (Å²) in [5.41, 5.74) is 0. The highest BCUT2D eigenvalue weighted by atomic mass is 16.1. The Labute approximate surface area is 69.5 Å². The SMILES string of the molecule is CCCCCC=CC(C)C=O. The molecule has 0 rings (SSSR count). The lowest BCUT2D eigenvalue weighted by Gasteiger charge is -1.93. The third-order valence-corrected chi connectivity index (χ3v) is 1.63. The molecule has 0 fully saturated rings. The lowest BCUT2D eigenvalue weighted by Crippen LogP contribution is -1.87. The summed E-state index contributed by atoms with van der Waals surface area (Å²) in [5.74, 6) is 0.0941. The Kier molecular flexibility index (Phi) is 7.11. The first-order valence-corrected chi connectivity index (χ1v) is 4.43. The van der Waals surface area contributed by atoms with E-state index in [4.69, 9.17) is 0 Å². The van der Waals surface area contributed by atoms with Crippen LogP contribution >= 0.6 is 0 Å². The van der Waals surface area contributed by atoms with Gasteiger partial charge in [0.25, 0.3) is 0 Å². The summed E-state index contributed by atoms with van der Waals surface area (Å²) in [4.78, 5) is 10.2. The van der Waals surface area contributed by atoms with Crippen molar-refractivity contribution in [2.75, 3.05) is 0 Å². The third-order valence-electron chi connectivity index (χ3n) is 1.63. The molecule has 1 nitrogen and oxygen atoms in total. The molecule has 0 bridgehead atoms. The Hall–Kier alpha value is -0.590. The molecule has 0 heterocycles. The summed E-state index contributed by atoms with van der Waals surface area (Å²) in [5, 5.41) is 0. The lowest BCUT2D eigenvalue weighted by atomic mass is 10.1. The molecule has 0 aromatic rings. The van der Waals surface area contributed by atoms with E-state index >= 15 is 0 Å². The van der Waals surface area contributed by atoms with E-state index in [0.717, 1.165) is 12.7 Å².